The molecule has 1 unspecified atom stereocenters. The molecule has 0 radical (unpaired) electrons. The van der Waals surface area contributed by atoms with Gasteiger partial charge in [0.05, 0.1) is 0 Å². The van der Waals surface area contributed by atoms with Crippen LogP contribution < -0.4 is 5.32 Å². The highest BCUT2D eigenvalue weighted by Crippen LogP contribution is 2.59. The fraction of sp³-hybridized carbons (Fsp3) is 0.786. The molecule has 3 nitrogen and oxygen atoms in total. The van der Waals surface area contributed by atoms with E-state index in [2.05, 4.69) is 16.8 Å². The van der Waals surface area contributed by atoms with Crippen molar-refractivity contribution in [3.63, 3.8) is 0 Å². The standard InChI is InChI=1S/C14H22N2O/c1-2-9-16(11-3-4-11)13(17)12-10-14(12)5-7-15-8-6-14/h2,11-12,15H,1,3-10H2. The van der Waals surface area contributed by atoms with Crippen molar-refractivity contribution in [2.75, 3.05) is 19.6 Å². The smallest absolute Gasteiger partial charge is 0.226 e. The lowest BCUT2D eigenvalue weighted by Crippen LogP contribution is -2.37. The average Bonchev–Trinajstić information content (AvgIpc) is 3.23. The summed E-state index contributed by atoms with van der Waals surface area (Å²) in [6.07, 6.45) is 7.77. The Morgan fingerprint density at radius 2 is 2.12 bits per heavy atom. The van der Waals surface area contributed by atoms with Gasteiger partial charge in [0.25, 0.3) is 0 Å². The van der Waals surface area contributed by atoms with Crippen molar-refractivity contribution in [1.82, 2.24) is 10.2 Å². The molecule has 0 aromatic rings. The minimum Gasteiger partial charge on any atom is -0.336 e. The van der Waals surface area contributed by atoms with Crippen molar-refractivity contribution in [2.45, 2.75) is 38.1 Å². The van der Waals surface area contributed by atoms with E-state index in [-0.39, 0.29) is 0 Å². The zero-order valence-corrected chi connectivity index (χ0v) is 10.5. The van der Waals surface area contributed by atoms with E-state index in [0.29, 0.717) is 23.3 Å². The van der Waals surface area contributed by atoms with E-state index in [9.17, 15) is 4.79 Å². The Hall–Kier alpha value is -0.830. The van der Waals surface area contributed by atoms with Crippen LogP contribution in [0.3, 0.4) is 0 Å². The Bertz CT molecular complexity index is 329. The maximum atomic E-state index is 12.5. The van der Waals surface area contributed by atoms with Gasteiger partial charge in [-0.05, 0) is 50.6 Å². The van der Waals surface area contributed by atoms with Gasteiger partial charge in [0, 0.05) is 18.5 Å². The van der Waals surface area contributed by atoms with Crippen molar-refractivity contribution in [3.8, 4) is 0 Å². The average molecular weight is 234 g/mol. The number of piperidine rings is 1. The van der Waals surface area contributed by atoms with Gasteiger partial charge in [-0.25, -0.2) is 0 Å². The summed E-state index contributed by atoms with van der Waals surface area (Å²) in [7, 11) is 0. The molecule has 3 aliphatic rings. The maximum absolute atomic E-state index is 12.5. The molecule has 17 heavy (non-hydrogen) atoms. The molecule has 1 spiro atoms. The number of carbonyl (C=O) groups excluding carboxylic acids is 1. The third-order valence-electron chi connectivity index (χ3n) is 4.68. The monoisotopic (exact) mass is 234 g/mol. The first-order chi connectivity index (χ1) is 8.27. The van der Waals surface area contributed by atoms with Crippen molar-refractivity contribution >= 4 is 5.91 Å². The summed E-state index contributed by atoms with van der Waals surface area (Å²) in [4.78, 5) is 14.6. The first kappa shape index (κ1) is 11.3. The molecule has 3 fully saturated rings. The summed E-state index contributed by atoms with van der Waals surface area (Å²) in [5.41, 5.74) is 0.372. The van der Waals surface area contributed by atoms with Crippen LogP contribution >= 0.6 is 0 Å². The molecular formula is C14H22N2O. The molecule has 94 valence electrons. The summed E-state index contributed by atoms with van der Waals surface area (Å²) in [5.74, 6) is 0.736. The molecule has 1 amide bonds. The van der Waals surface area contributed by atoms with Crippen molar-refractivity contribution < 1.29 is 4.79 Å². The number of nitrogens with one attached hydrogen (secondary N) is 1. The van der Waals surface area contributed by atoms with Gasteiger partial charge in [-0.3, -0.25) is 4.79 Å². The predicted octanol–water partition coefficient (Wildman–Crippen LogP) is 1.55. The molecule has 1 heterocycles. The molecule has 3 rings (SSSR count). The highest BCUT2D eigenvalue weighted by atomic mass is 16.2. The first-order valence-corrected chi connectivity index (χ1v) is 6.89. The minimum absolute atomic E-state index is 0.324. The van der Waals surface area contributed by atoms with Gasteiger partial charge in [-0.1, -0.05) is 6.08 Å². The van der Waals surface area contributed by atoms with E-state index < -0.39 is 0 Å². The summed E-state index contributed by atoms with van der Waals surface area (Å²) in [6, 6.07) is 0.528. The predicted molar refractivity (Wildman–Crippen MR) is 67.6 cm³/mol. The molecule has 1 saturated heterocycles. The number of carbonyl (C=O) groups is 1. The normalized spacial score (nSPS) is 30.0. The van der Waals surface area contributed by atoms with Crippen LogP contribution in [0.15, 0.2) is 12.7 Å². The molecule has 2 aliphatic carbocycles. The lowest BCUT2D eigenvalue weighted by Gasteiger charge is -2.26. The van der Waals surface area contributed by atoms with Crippen LogP contribution in [0.25, 0.3) is 0 Å². The topological polar surface area (TPSA) is 32.3 Å². The number of nitrogens with zero attached hydrogens (tertiary/aromatic N) is 1. The summed E-state index contributed by atoms with van der Waals surface area (Å²) >= 11 is 0. The van der Waals surface area contributed by atoms with Crippen LogP contribution in [0.5, 0.6) is 0 Å². The van der Waals surface area contributed by atoms with Gasteiger partial charge < -0.3 is 10.2 Å². The van der Waals surface area contributed by atoms with Gasteiger partial charge in [0.2, 0.25) is 5.91 Å². The Morgan fingerprint density at radius 1 is 1.41 bits per heavy atom. The van der Waals surface area contributed by atoms with Gasteiger partial charge in [-0.2, -0.15) is 0 Å². The number of hydrogen-bond acceptors (Lipinski definition) is 2. The Kier molecular flexibility index (Phi) is 2.74. The van der Waals surface area contributed by atoms with E-state index in [1.165, 1.54) is 25.7 Å². The maximum Gasteiger partial charge on any atom is 0.226 e. The number of amides is 1. The molecule has 3 heteroatoms. The van der Waals surface area contributed by atoms with Gasteiger partial charge in [0.1, 0.15) is 0 Å². The molecule has 1 atom stereocenters. The zero-order valence-electron chi connectivity index (χ0n) is 10.5. The van der Waals surface area contributed by atoms with Crippen LogP contribution in [0, 0.1) is 11.3 Å². The Labute approximate surface area is 103 Å². The second kappa shape index (κ2) is 4.13. The van der Waals surface area contributed by atoms with Gasteiger partial charge in [-0.15, -0.1) is 6.58 Å². The van der Waals surface area contributed by atoms with Gasteiger partial charge in [0.15, 0.2) is 0 Å². The third-order valence-corrected chi connectivity index (χ3v) is 4.68. The van der Waals surface area contributed by atoms with Crippen molar-refractivity contribution in [1.29, 1.82) is 0 Å². The lowest BCUT2D eigenvalue weighted by atomic mass is 9.91. The summed E-state index contributed by atoms with van der Waals surface area (Å²) < 4.78 is 0. The van der Waals surface area contributed by atoms with E-state index >= 15 is 0 Å². The first-order valence-electron chi connectivity index (χ1n) is 6.89. The van der Waals surface area contributed by atoms with E-state index in [1.807, 2.05) is 6.08 Å². The fourth-order valence-electron chi connectivity index (χ4n) is 3.32. The van der Waals surface area contributed by atoms with Crippen LogP contribution in [0.1, 0.15) is 32.1 Å². The summed E-state index contributed by atoms with van der Waals surface area (Å²) in [5, 5.41) is 3.39. The van der Waals surface area contributed by atoms with Crippen LogP contribution in [0.4, 0.5) is 0 Å². The number of rotatable bonds is 4. The highest BCUT2D eigenvalue weighted by Gasteiger charge is 2.59. The molecule has 1 aliphatic heterocycles. The number of hydrogen-bond donors (Lipinski definition) is 1. The molecule has 2 saturated carbocycles. The van der Waals surface area contributed by atoms with E-state index in [4.69, 9.17) is 0 Å². The largest absolute Gasteiger partial charge is 0.336 e. The molecule has 0 bridgehead atoms. The molecular weight excluding hydrogens is 212 g/mol. The second-order valence-corrected chi connectivity index (χ2v) is 5.88. The van der Waals surface area contributed by atoms with E-state index in [0.717, 1.165) is 26.1 Å². The van der Waals surface area contributed by atoms with Crippen molar-refractivity contribution in [2.24, 2.45) is 11.3 Å². The molecule has 0 aromatic carbocycles. The quantitative estimate of drug-likeness (QED) is 0.749. The Morgan fingerprint density at radius 3 is 2.71 bits per heavy atom. The van der Waals surface area contributed by atoms with Gasteiger partial charge >= 0.3 is 0 Å². The fourth-order valence-corrected chi connectivity index (χ4v) is 3.32. The molecule has 0 aromatic heterocycles. The highest BCUT2D eigenvalue weighted by molar-refractivity contribution is 5.83. The minimum atomic E-state index is 0.324. The third kappa shape index (κ3) is 2.01. The van der Waals surface area contributed by atoms with E-state index in [1.54, 1.807) is 0 Å². The SMILES string of the molecule is C=CCN(C(=O)C1CC12CCNCC2)C1CC1. The second-order valence-electron chi connectivity index (χ2n) is 5.88. The van der Waals surface area contributed by atoms with Crippen LogP contribution in [-0.2, 0) is 4.79 Å². The molecule has 1 N–H and O–H groups in total. The van der Waals surface area contributed by atoms with Crippen LogP contribution in [0.2, 0.25) is 0 Å². The zero-order chi connectivity index (χ0) is 11.9. The summed E-state index contributed by atoms with van der Waals surface area (Å²) in [6.45, 7) is 6.70. The van der Waals surface area contributed by atoms with Crippen LogP contribution in [-0.4, -0.2) is 36.5 Å². The Balaban J connectivity index is 1.64. The lowest BCUT2D eigenvalue weighted by molar-refractivity contribution is -0.133. The van der Waals surface area contributed by atoms with Crippen molar-refractivity contribution in [3.05, 3.63) is 12.7 Å².